The molecule has 0 aromatic heterocycles. The van der Waals surface area contributed by atoms with Crippen molar-refractivity contribution in [1.29, 1.82) is 0 Å². The van der Waals surface area contributed by atoms with E-state index in [4.69, 9.17) is 4.74 Å². The Labute approximate surface area is 252 Å². The number of rotatable bonds is 12. The molecule has 0 saturated heterocycles. The quantitative estimate of drug-likeness (QED) is 0.239. The number of aryl methyl sites for hydroxylation is 1. The number of non-ortho nitro benzene ring substituents is 1. The number of benzene rings is 3. The Morgan fingerprint density at radius 1 is 1.00 bits per heavy atom. The summed E-state index contributed by atoms with van der Waals surface area (Å²) in [4.78, 5) is 40.2. The Kier molecular flexibility index (Phi) is 10.5. The predicted molar refractivity (Wildman–Crippen MR) is 165 cm³/mol. The third kappa shape index (κ3) is 9.27. The van der Waals surface area contributed by atoms with Crippen LogP contribution in [-0.2, 0) is 32.6 Å². The number of nitrogens with one attached hydrogen (secondary N) is 1. The van der Waals surface area contributed by atoms with Gasteiger partial charge >= 0.3 is 0 Å². The molecule has 1 unspecified atom stereocenters. The minimum atomic E-state index is -4.15. The van der Waals surface area contributed by atoms with E-state index < -0.39 is 44.9 Å². The van der Waals surface area contributed by atoms with Crippen molar-refractivity contribution >= 4 is 33.2 Å². The van der Waals surface area contributed by atoms with Crippen LogP contribution in [0.3, 0.4) is 0 Å². The van der Waals surface area contributed by atoms with Gasteiger partial charge in [-0.15, -0.1) is 0 Å². The molecule has 230 valence electrons. The fourth-order valence-corrected chi connectivity index (χ4v) is 5.32. The minimum absolute atomic E-state index is 0.0118. The molecule has 3 rings (SSSR count). The number of ether oxygens (including phenoxy) is 1. The monoisotopic (exact) mass is 610 g/mol. The summed E-state index contributed by atoms with van der Waals surface area (Å²) in [5.41, 5.74) is 1.40. The zero-order chi connectivity index (χ0) is 31.9. The Balaban J connectivity index is 2.14. The summed E-state index contributed by atoms with van der Waals surface area (Å²) in [5.74, 6) is -1.06. The van der Waals surface area contributed by atoms with Gasteiger partial charge in [-0.25, -0.2) is 8.42 Å². The second kappa shape index (κ2) is 13.7. The average molecular weight is 611 g/mol. The Hall–Kier alpha value is -4.45. The largest absolute Gasteiger partial charge is 0.495 e. The molecule has 43 heavy (non-hydrogen) atoms. The lowest BCUT2D eigenvalue weighted by Gasteiger charge is -2.35. The molecule has 3 aromatic carbocycles. The molecular formula is C31H38N4O7S. The van der Waals surface area contributed by atoms with Crippen LogP contribution in [0, 0.1) is 17.0 Å². The molecular weight excluding hydrogens is 572 g/mol. The molecule has 11 nitrogen and oxygen atoms in total. The number of amides is 2. The molecule has 3 aromatic rings. The first kappa shape index (κ1) is 33.1. The summed E-state index contributed by atoms with van der Waals surface area (Å²) < 4.78 is 32.2. The molecule has 2 amide bonds. The Bertz CT molecular complexity index is 1550. The first-order valence-corrected chi connectivity index (χ1v) is 15.4. The second-order valence-electron chi connectivity index (χ2n) is 11.3. The number of sulfonamides is 1. The predicted octanol–water partition coefficient (Wildman–Crippen LogP) is 4.23. The number of anilines is 1. The van der Waals surface area contributed by atoms with E-state index in [-0.39, 0.29) is 30.1 Å². The molecule has 0 spiro atoms. The first-order valence-electron chi connectivity index (χ1n) is 13.6. The molecule has 0 aliphatic rings. The summed E-state index contributed by atoms with van der Waals surface area (Å²) in [6.07, 6.45) is 1.07. The van der Waals surface area contributed by atoms with E-state index in [0.717, 1.165) is 33.3 Å². The van der Waals surface area contributed by atoms with Gasteiger partial charge < -0.3 is 15.0 Å². The van der Waals surface area contributed by atoms with Crippen LogP contribution in [0.15, 0.2) is 72.8 Å². The average Bonchev–Trinajstić information content (AvgIpc) is 2.93. The van der Waals surface area contributed by atoms with Crippen LogP contribution < -0.4 is 14.4 Å². The van der Waals surface area contributed by atoms with Crippen LogP contribution in [0.5, 0.6) is 5.75 Å². The van der Waals surface area contributed by atoms with Gasteiger partial charge in [0.25, 0.3) is 5.69 Å². The topological polar surface area (TPSA) is 139 Å². The van der Waals surface area contributed by atoms with Gasteiger partial charge in [-0.2, -0.15) is 0 Å². The highest BCUT2D eigenvalue weighted by Gasteiger charge is 2.35. The molecule has 1 atom stereocenters. The van der Waals surface area contributed by atoms with Gasteiger partial charge in [0.15, 0.2) is 0 Å². The van der Waals surface area contributed by atoms with E-state index in [2.05, 4.69) is 5.32 Å². The van der Waals surface area contributed by atoms with Crippen molar-refractivity contribution in [2.75, 3.05) is 24.2 Å². The van der Waals surface area contributed by atoms with E-state index >= 15 is 0 Å². The molecule has 0 bridgehead atoms. The van der Waals surface area contributed by atoms with Gasteiger partial charge in [-0.05, 0) is 44.9 Å². The number of methoxy groups -OCH3 is 1. The van der Waals surface area contributed by atoms with Gasteiger partial charge in [0.1, 0.15) is 24.0 Å². The standard InChI is InChI=1S/C31H38N4O7S/c1-22-12-14-24(15-13-22)20-33(27(30(37)32-31(2,3)4)18-23-10-8-7-9-11-23)29(36)21-34(43(6,40)41)26-19-25(35(38)39)16-17-28(26)42-5/h7-17,19,27H,18,20-21H2,1-6H3,(H,32,37). The molecule has 0 radical (unpaired) electrons. The van der Waals surface area contributed by atoms with E-state index in [0.29, 0.717) is 0 Å². The number of carbonyl (C=O) groups excluding carboxylic acids is 2. The van der Waals surface area contributed by atoms with Crippen molar-refractivity contribution in [3.63, 3.8) is 0 Å². The highest BCUT2D eigenvalue weighted by molar-refractivity contribution is 7.92. The molecule has 0 fully saturated rings. The van der Waals surface area contributed by atoms with E-state index in [1.807, 2.05) is 82.3 Å². The Morgan fingerprint density at radius 2 is 1.63 bits per heavy atom. The van der Waals surface area contributed by atoms with Crippen molar-refractivity contribution < 1.29 is 27.7 Å². The van der Waals surface area contributed by atoms with Gasteiger partial charge in [-0.3, -0.25) is 24.0 Å². The fraction of sp³-hybridized carbons (Fsp3) is 0.355. The third-order valence-corrected chi connectivity index (χ3v) is 7.69. The fourth-order valence-electron chi connectivity index (χ4n) is 4.48. The summed E-state index contributed by atoms with van der Waals surface area (Å²) in [7, 11) is -2.86. The zero-order valence-electron chi connectivity index (χ0n) is 25.2. The van der Waals surface area contributed by atoms with Crippen molar-refractivity contribution in [2.45, 2.75) is 52.2 Å². The number of hydrogen-bond donors (Lipinski definition) is 1. The van der Waals surface area contributed by atoms with E-state index in [1.54, 1.807) is 0 Å². The highest BCUT2D eigenvalue weighted by atomic mass is 32.2. The van der Waals surface area contributed by atoms with Gasteiger partial charge in [-0.1, -0.05) is 60.2 Å². The van der Waals surface area contributed by atoms with Crippen LogP contribution in [0.4, 0.5) is 11.4 Å². The molecule has 12 heteroatoms. The van der Waals surface area contributed by atoms with Crippen molar-refractivity contribution in [1.82, 2.24) is 10.2 Å². The maximum absolute atomic E-state index is 14.2. The van der Waals surface area contributed by atoms with Crippen molar-refractivity contribution in [2.24, 2.45) is 0 Å². The summed E-state index contributed by atoms with van der Waals surface area (Å²) >= 11 is 0. The number of nitro groups is 1. The number of nitrogens with zero attached hydrogens (tertiary/aromatic N) is 3. The van der Waals surface area contributed by atoms with Gasteiger partial charge in [0, 0.05) is 30.6 Å². The van der Waals surface area contributed by atoms with Crippen LogP contribution in [-0.4, -0.2) is 61.5 Å². The minimum Gasteiger partial charge on any atom is -0.495 e. The van der Waals surface area contributed by atoms with Crippen LogP contribution >= 0.6 is 0 Å². The van der Waals surface area contributed by atoms with E-state index in [9.17, 15) is 28.1 Å². The van der Waals surface area contributed by atoms with Crippen molar-refractivity contribution in [3.05, 3.63) is 99.6 Å². The smallest absolute Gasteiger partial charge is 0.271 e. The van der Waals surface area contributed by atoms with Crippen molar-refractivity contribution in [3.8, 4) is 5.75 Å². The maximum atomic E-state index is 14.2. The summed E-state index contributed by atoms with van der Waals surface area (Å²) in [5, 5.41) is 14.5. The second-order valence-corrected chi connectivity index (χ2v) is 13.2. The molecule has 1 N–H and O–H groups in total. The lowest BCUT2D eigenvalue weighted by molar-refractivity contribution is -0.384. The van der Waals surface area contributed by atoms with E-state index in [1.165, 1.54) is 24.1 Å². The SMILES string of the molecule is COc1ccc([N+](=O)[O-])cc1N(CC(=O)N(Cc1ccc(C)cc1)C(Cc1ccccc1)C(=O)NC(C)(C)C)S(C)(=O)=O. The zero-order valence-corrected chi connectivity index (χ0v) is 26.1. The molecule has 0 aliphatic carbocycles. The third-order valence-electron chi connectivity index (χ3n) is 6.56. The van der Waals surface area contributed by atoms with Crippen LogP contribution in [0.2, 0.25) is 0 Å². The number of nitro benzene ring substituents is 1. The maximum Gasteiger partial charge on any atom is 0.271 e. The van der Waals surface area contributed by atoms with Gasteiger partial charge in [0.2, 0.25) is 21.8 Å². The Morgan fingerprint density at radius 3 is 2.16 bits per heavy atom. The summed E-state index contributed by atoms with van der Waals surface area (Å²) in [6, 6.07) is 19.2. The van der Waals surface area contributed by atoms with Crippen LogP contribution in [0.1, 0.15) is 37.5 Å². The highest BCUT2D eigenvalue weighted by Crippen LogP contribution is 2.34. The first-order chi connectivity index (χ1) is 20.1. The molecule has 0 heterocycles. The summed E-state index contributed by atoms with van der Waals surface area (Å²) in [6.45, 7) is 6.70. The van der Waals surface area contributed by atoms with Crippen LogP contribution in [0.25, 0.3) is 0 Å². The lowest BCUT2D eigenvalue weighted by atomic mass is 10.0. The van der Waals surface area contributed by atoms with Gasteiger partial charge in [0.05, 0.1) is 18.3 Å². The lowest BCUT2D eigenvalue weighted by Crippen LogP contribution is -2.56. The number of hydrogen-bond acceptors (Lipinski definition) is 7. The number of carbonyl (C=O) groups is 2. The normalized spacial score (nSPS) is 12.2. The molecule has 0 aliphatic heterocycles. The molecule has 0 saturated carbocycles.